The van der Waals surface area contributed by atoms with Gasteiger partial charge in [-0.2, -0.15) is 5.26 Å². The molecule has 1 aromatic carbocycles. The number of carboxylic acids is 1. The number of carbonyl (C=O) groups excluding carboxylic acids is 1. The number of nitriles is 1. The normalized spacial score (nSPS) is 12.4. The summed E-state index contributed by atoms with van der Waals surface area (Å²) in [6, 6.07) is 4.85. The molecule has 25 heavy (non-hydrogen) atoms. The van der Waals surface area contributed by atoms with Gasteiger partial charge in [-0.15, -0.1) is 0 Å². The molecule has 0 spiro atoms. The number of amides is 1. The predicted molar refractivity (Wildman–Crippen MR) is 97.0 cm³/mol. The molecule has 0 radical (unpaired) electrons. The highest BCUT2D eigenvalue weighted by atomic mass is 16.4. The van der Waals surface area contributed by atoms with E-state index in [1.54, 1.807) is 0 Å². The number of benzene rings is 1. The maximum absolute atomic E-state index is 12.3. The van der Waals surface area contributed by atoms with Crippen molar-refractivity contribution in [2.24, 2.45) is 5.92 Å². The van der Waals surface area contributed by atoms with E-state index in [1.807, 2.05) is 52.8 Å². The Balaban J connectivity index is 2.94. The van der Waals surface area contributed by atoms with Crippen molar-refractivity contribution in [3.63, 3.8) is 0 Å². The zero-order chi connectivity index (χ0) is 19.1. The number of aryl methyl sites for hydroxylation is 3. The number of rotatable bonds is 7. The van der Waals surface area contributed by atoms with E-state index >= 15 is 0 Å². The second kappa shape index (κ2) is 8.88. The standard InChI is InChI=1S/C19H25N3O3/c1-11(2)6-16(19(24)25)21-10-15(9-20)18(23)22-17-13(4)7-12(3)8-14(17)5/h7-8,10-11,16,21H,6H2,1-5H3,(H,22,23)(H,24,25)/b15-10-. The van der Waals surface area contributed by atoms with Gasteiger partial charge in [0.25, 0.3) is 5.91 Å². The Morgan fingerprint density at radius 2 is 1.80 bits per heavy atom. The molecule has 1 amide bonds. The molecular formula is C19H25N3O3. The highest BCUT2D eigenvalue weighted by molar-refractivity contribution is 6.07. The minimum Gasteiger partial charge on any atom is -0.480 e. The molecule has 1 rings (SSSR count). The van der Waals surface area contributed by atoms with Gasteiger partial charge in [0.05, 0.1) is 0 Å². The van der Waals surface area contributed by atoms with Gasteiger partial charge in [0.1, 0.15) is 17.7 Å². The minimum absolute atomic E-state index is 0.166. The lowest BCUT2D eigenvalue weighted by molar-refractivity contribution is -0.139. The summed E-state index contributed by atoms with van der Waals surface area (Å²) in [7, 11) is 0. The summed E-state index contributed by atoms with van der Waals surface area (Å²) in [4.78, 5) is 23.6. The molecule has 6 nitrogen and oxygen atoms in total. The van der Waals surface area contributed by atoms with E-state index in [1.165, 1.54) is 6.20 Å². The molecule has 134 valence electrons. The van der Waals surface area contributed by atoms with Gasteiger partial charge in [0, 0.05) is 11.9 Å². The summed E-state index contributed by atoms with van der Waals surface area (Å²) in [6.07, 6.45) is 1.57. The van der Waals surface area contributed by atoms with Crippen LogP contribution in [0.5, 0.6) is 0 Å². The van der Waals surface area contributed by atoms with Gasteiger partial charge in [0.15, 0.2) is 0 Å². The third-order valence-corrected chi connectivity index (χ3v) is 3.71. The predicted octanol–water partition coefficient (Wildman–Crippen LogP) is 3.05. The highest BCUT2D eigenvalue weighted by Crippen LogP contribution is 2.22. The first-order chi connectivity index (χ1) is 11.6. The van der Waals surface area contributed by atoms with Crippen LogP contribution in [0.25, 0.3) is 0 Å². The third-order valence-electron chi connectivity index (χ3n) is 3.71. The van der Waals surface area contributed by atoms with Crippen molar-refractivity contribution in [3.05, 3.63) is 40.6 Å². The maximum atomic E-state index is 12.3. The van der Waals surface area contributed by atoms with Crippen LogP contribution in [-0.2, 0) is 9.59 Å². The average Bonchev–Trinajstić information content (AvgIpc) is 2.49. The van der Waals surface area contributed by atoms with Crippen LogP contribution < -0.4 is 10.6 Å². The number of carboxylic acid groups (broad SMARTS) is 1. The summed E-state index contributed by atoms with van der Waals surface area (Å²) in [5, 5.41) is 23.8. The van der Waals surface area contributed by atoms with Crippen LogP contribution in [-0.4, -0.2) is 23.0 Å². The first kappa shape index (κ1) is 20.2. The Morgan fingerprint density at radius 1 is 1.24 bits per heavy atom. The van der Waals surface area contributed by atoms with Gasteiger partial charge < -0.3 is 15.7 Å². The van der Waals surface area contributed by atoms with Crippen LogP contribution >= 0.6 is 0 Å². The van der Waals surface area contributed by atoms with Crippen LogP contribution in [0.15, 0.2) is 23.9 Å². The largest absolute Gasteiger partial charge is 0.480 e. The number of anilines is 1. The second-order valence-corrected chi connectivity index (χ2v) is 6.58. The SMILES string of the molecule is Cc1cc(C)c(NC(=O)/C(C#N)=C\NC(CC(C)C)C(=O)O)c(C)c1. The van der Waals surface area contributed by atoms with Crippen molar-refractivity contribution < 1.29 is 14.7 Å². The molecule has 0 saturated heterocycles. The zero-order valence-electron chi connectivity index (χ0n) is 15.3. The lowest BCUT2D eigenvalue weighted by Crippen LogP contribution is -2.35. The Bertz CT molecular complexity index is 707. The molecule has 0 saturated carbocycles. The number of hydrogen-bond donors (Lipinski definition) is 3. The van der Waals surface area contributed by atoms with Gasteiger partial charge in [0.2, 0.25) is 0 Å². The lowest BCUT2D eigenvalue weighted by Gasteiger charge is -2.15. The third kappa shape index (κ3) is 5.96. The monoisotopic (exact) mass is 343 g/mol. The molecule has 0 heterocycles. The Kier molecular flexibility index (Phi) is 7.19. The number of aliphatic carboxylic acids is 1. The number of hydrogen-bond acceptors (Lipinski definition) is 4. The van der Waals surface area contributed by atoms with E-state index < -0.39 is 17.9 Å². The average molecular weight is 343 g/mol. The van der Waals surface area contributed by atoms with E-state index in [0.717, 1.165) is 16.7 Å². The Labute approximate surface area is 148 Å². The maximum Gasteiger partial charge on any atom is 0.326 e. The quantitative estimate of drug-likeness (QED) is 0.522. The fraction of sp³-hybridized carbons (Fsp3) is 0.421. The summed E-state index contributed by atoms with van der Waals surface area (Å²) in [5.74, 6) is -1.43. The van der Waals surface area contributed by atoms with E-state index in [-0.39, 0.29) is 11.5 Å². The molecule has 0 aromatic heterocycles. The van der Waals surface area contributed by atoms with Gasteiger partial charge in [-0.05, 0) is 44.2 Å². The van der Waals surface area contributed by atoms with Gasteiger partial charge in [-0.25, -0.2) is 4.79 Å². The molecule has 3 N–H and O–H groups in total. The van der Waals surface area contributed by atoms with Gasteiger partial charge in [-0.3, -0.25) is 4.79 Å². The van der Waals surface area contributed by atoms with Crippen LogP contribution in [0.1, 0.15) is 37.0 Å². The molecule has 0 aliphatic rings. The lowest BCUT2D eigenvalue weighted by atomic mass is 10.0. The Hall–Kier alpha value is -2.81. The van der Waals surface area contributed by atoms with Gasteiger partial charge >= 0.3 is 5.97 Å². The first-order valence-electron chi connectivity index (χ1n) is 8.14. The van der Waals surface area contributed by atoms with Crippen LogP contribution in [0.3, 0.4) is 0 Å². The summed E-state index contributed by atoms with van der Waals surface area (Å²) in [6.45, 7) is 9.54. The summed E-state index contributed by atoms with van der Waals surface area (Å²) >= 11 is 0. The molecule has 0 aliphatic heterocycles. The van der Waals surface area contributed by atoms with Crippen LogP contribution in [0, 0.1) is 38.0 Å². The van der Waals surface area contributed by atoms with Crippen LogP contribution in [0.2, 0.25) is 0 Å². The number of nitrogens with one attached hydrogen (secondary N) is 2. The molecular weight excluding hydrogens is 318 g/mol. The molecule has 0 bridgehead atoms. The van der Waals surface area contributed by atoms with E-state index in [2.05, 4.69) is 10.6 Å². The van der Waals surface area contributed by atoms with Crippen molar-refractivity contribution in [1.82, 2.24) is 5.32 Å². The van der Waals surface area contributed by atoms with Crippen molar-refractivity contribution in [1.29, 1.82) is 5.26 Å². The molecule has 6 heteroatoms. The van der Waals surface area contributed by atoms with Gasteiger partial charge in [-0.1, -0.05) is 31.5 Å². The smallest absolute Gasteiger partial charge is 0.326 e. The Morgan fingerprint density at radius 3 is 2.24 bits per heavy atom. The number of nitrogens with zero attached hydrogens (tertiary/aromatic N) is 1. The fourth-order valence-corrected chi connectivity index (χ4v) is 2.60. The van der Waals surface area contributed by atoms with Crippen LogP contribution in [0.4, 0.5) is 5.69 Å². The molecule has 1 atom stereocenters. The fourth-order valence-electron chi connectivity index (χ4n) is 2.60. The highest BCUT2D eigenvalue weighted by Gasteiger charge is 2.19. The molecule has 0 fully saturated rings. The van der Waals surface area contributed by atoms with E-state index in [9.17, 15) is 20.0 Å². The van der Waals surface area contributed by atoms with Crippen molar-refractivity contribution in [2.45, 2.75) is 47.1 Å². The minimum atomic E-state index is -1.02. The van der Waals surface area contributed by atoms with E-state index in [0.29, 0.717) is 12.1 Å². The molecule has 0 aliphatic carbocycles. The van der Waals surface area contributed by atoms with Crippen molar-refractivity contribution >= 4 is 17.6 Å². The summed E-state index contributed by atoms with van der Waals surface area (Å²) in [5.41, 5.74) is 3.38. The van der Waals surface area contributed by atoms with Crippen molar-refractivity contribution in [3.8, 4) is 6.07 Å². The second-order valence-electron chi connectivity index (χ2n) is 6.58. The van der Waals surface area contributed by atoms with Crippen molar-refractivity contribution in [2.75, 3.05) is 5.32 Å². The van der Waals surface area contributed by atoms with E-state index in [4.69, 9.17) is 0 Å². The first-order valence-corrected chi connectivity index (χ1v) is 8.14. The molecule has 1 aromatic rings. The number of carbonyl (C=O) groups is 2. The summed E-state index contributed by atoms with van der Waals surface area (Å²) < 4.78 is 0. The zero-order valence-corrected chi connectivity index (χ0v) is 15.3. The topological polar surface area (TPSA) is 102 Å². The molecule has 1 unspecified atom stereocenters.